The number of nitrogens with one attached hydrogen (secondary N) is 1. The number of rotatable bonds is 3. The minimum absolute atomic E-state index is 0.549. The lowest BCUT2D eigenvalue weighted by Gasteiger charge is -2.34. The van der Waals surface area contributed by atoms with E-state index in [1.807, 2.05) is 12.1 Å². The summed E-state index contributed by atoms with van der Waals surface area (Å²) >= 11 is 6.13. The Balaban J connectivity index is 2.14. The van der Waals surface area contributed by atoms with Crippen LogP contribution in [0, 0.1) is 0 Å². The van der Waals surface area contributed by atoms with Crippen LogP contribution < -0.4 is 10.1 Å². The topological polar surface area (TPSA) is 24.5 Å². The average molecular weight is 255 g/mol. The molecule has 1 heterocycles. The van der Waals surface area contributed by atoms with E-state index in [1.54, 1.807) is 7.11 Å². The highest BCUT2D eigenvalue weighted by Crippen LogP contribution is 2.29. The van der Waals surface area contributed by atoms with Gasteiger partial charge in [0.05, 0.1) is 12.1 Å². The van der Waals surface area contributed by atoms with Gasteiger partial charge in [-0.25, -0.2) is 0 Å². The third-order valence-corrected chi connectivity index (χ3v) is 3.56. The number of halogens is 1. The minimum Gasteiger partial charge on any atom is -0.495 e. The second-order valence-corrected chi connectivity index (χ2v) is 4.86. The van der Waals surface area contributed by atoms with Gasteiger partial charge in [-0.3, -0.25) is 4.90 Å². The highest BCUT2D eigenvalue weighted by molar-refractivity contribution is 6.32. The van der Waals surface area contributed by atoms with Crippen LogP contribution in [-0.2, 0) is 6.54 Å². The maximum Gasteiger partial charge on any atom is 0.141 e. The largest absolute Gasteiger partial charge is 0.495 e. The number of para-hydroxylation sites is 1. The predicted molar refractivity (Wildman–Crippen MR) is 70.7 cm³/mol. The van der Waals surface area contributed by atoms with Crippen molar-refractivity contribution in [3.05, 3.63) is 28.8 Å². The zero-order valence-electron chi connectivity index (χ0n) is 10.4. The van der Waals surface area contributed by atoms with Crippen molar-refractivity contribution in [2.24, 2.45) is 0 Å². The summed E-state index contributed by atoms with van der Waals surface area (Å²) in [7, 11) is 1.67. The standard InChI is InChI=1S/C13H19ClN2O/c1-10-8-15-6-7-16(10)9-11-4-3-5-12(14)13(11)17-2/h3-5,10,15H,6-9H2,1-2H3/t10-/m0/s1. The van der Waals surface area contributed by atoms with E-state index in [1.165, 1.54) is 0 Å². The molecule has 0 unspecified atom stereocenters. The van der Waals surface area contributed by atoms with Crippen molar-refractivity contribution in [2.45, 2.75) is 19.5 Å². The molecule has 0 amide bonds. The molecule has 1 aliphatic heterocycles. The molecule has 0 radical (unpaired) electrons. The molecule has 0 spiro atoms. The zero-order valence-corrected chi connectivity index (χ0v) is 11.1. The van der Waals surface area contributed by atoms with Crippen molar-refractivity contribution in [3.8, 4) is 5.75 Å². The molecule has 94 valence electrons. The molecule has 0 saturated carbocycles. The molecule has 3 nitrogen and oxygen atoms in total. The zero-order chi connectivity index (χ0) is 12.3. The molecule has 1 aromatic rings. The molecular formula is C13H19ClN2O. The van der Waals surface area contributed by atoms with Crippen LogP contribution in [0.4, 0.5) is 0 Å². The van der Waals surface area contributed by atoms with Crippen LogP contribution in [0.1, 0.15) is 12.5 Å². The van der Waals surface area contributed by atoms with Gasteiger partial charge in [0.15, 0.2) is 0 Å². The summed E-state index contributed by atoms with van der Waals surface area (Å²) in [6.07, 6.45) is 0. The fourth-order valence-corrected chi connectivity index (χ4v) is 2.51. The van der Waals surface area contributed by atoms with Crippen molar-refractivity contribution in [1.29, 1.82) is 0 Å². The molecule has 1 N–H and O–H groups in total. The third kappa shape index (κ3) is 2.92. The van der Waals surface area contributed by atoms with Gasteiger partial charge in [0.1, 0.15) is 5.75 Å². The monoisotopic (exact) mass is 254 g/mol. The van der Waals surface area contributed by atoms with E-state index in [0.717, 1.165) is 37.5 Å². The Labute approximate surface area is 108 Å². The molecule has 0 bridgehead atoms. The second-order valence-electron chi connectivity index (χ2n) is 4.46. The van der Waals surface area contributed by atoms with Crippen molar-refractivity contribution in [3.63, 3.8) is 0 Å². The quantitative estimate of drug-likeness (QED) is 0.895. The van der Waals surface area contributed by atoms with E-state index >= 15 is 0 Å². The lowest BCUT2D eigenvalue weighted by Crippen LogP contribution is -2.49. The summed E-state index contributed by atoms with van der Waals surface area (Å²) in [6, 6.07) is 6.48. The van der Waals surface area contributed by atoms with E-state index in [0.29, 0.717) is 11.1 Å². The number of piperazine rings is 1. The Morgan fingerprint density at radius 3 is 3.06 bits per heavy atom. The molecule has 1 aliphatic rings. The van der Waals surface area contributed by atoms with Crippen molar-refractivity contribution in [1.82, 2.24) is 10.2 Å². The lowest BCUT2D eigenvalue weighted by atomic mass is 10.1. The summed E-state index contributed by atoms with van der Waals surface area (Å²) in [5.41, 5.74) is 1.16. The maximum absolute atomic E-state index is 6.13. The maximum atomic E-state index is 6.13. The highest BCUT2D eigenvalue weighted by Gasteiger charge is 2.19. The molecular weight excluding hydrogens is 236 g/mol. The van der Waals surface area contributed by atoms with Gasteiger partial charge < -0.3 is 10.1 Å². The van der Waals surface area contributed by atoms with Gasteiger partial charge in [-0.1, -0.05) is 23.7 Å². The summed E-state index contributed by atoms with van der Waals surface area (Å²) in [6.45, 7) is 6.29. The number of methoxy groups -OCH3 is 1. The SMILES string of the molecule is COc1c(Cl)cccc1CN1CCNC[C@@H]1C. The van der Waals surface area contributed by atoms with Crippen LogP contribution in [0.5, 0.6) is 5.75 Å². The van der Waals surface area contributed by atoms with Crippen LogP contribution in [-0.4, -0.2) is 37.7 Å². The first-order valence-electron chi connectivity index (χ1n) is 5.98. The smallest absolute Gasteiger partial charge is 0.141 e. The van der Waals surface area contributed by atoms with Crippen molar-refractivity contribution < 1.29 is 4.74 Å². The Hall–Kier alpha value is -0.770. The summed E-state index contributed by atoms with van der Waals surface area (Å²) < 4.78 is 5.38. The van der Waals surface area contributed by atoms with Crippen LogP contribution in [0.3, 0.4) is 0 Å². The first-order valence-corrected chi connectivity index (χ1v) is 6.36. The van der Waals surface area contributed by atoms with Crippen LogP contribution >= 0.6 is 11.6 Å². The highest BCUT2D eigenvalue weighted by atomic mass is 35.5. The van der Waals surface area contributed by atoms with Crippen molar-refractivity contribution in [2.75, 3.05) is 26.7 Å². The van der Waals surface area contributed by atoms with Gasteiger partial charge in [-0.2, -0.15) is 0 Å². The van der Waals surface area contributed by atoms with Gasteiger partial charge in [-0.05, 0) is 13.0 Å². The number of benzene rings is 1. The Morgan fingerprint density at radius 2 is 2.35 bits per heavy atom. The predicted octanol–water partition coefficient (Wildman–Crippen LogP) is 2.14. The molecule has 0 aromatic heterocycles. The average Bonchev–Trinajstić information content (AvgIpc) is 2.32. The van der Waals surface area contributed by atoms with Crippen LogP contribution in [0.15, 0.2) is 18.2 Å². The summed E-state index contributed by atoms with van der Waals surface area (Å²) in [5, 5.41) is 4.08. The lowest BCUT2D eigenvalue weighted by molar-refractivity contribution is 0.164. The first-order chi connectivity index (χ1) is 8.22. The van der Waals surface area contributed by atoms with E-state index in [9.17, 15) is 0 Å². The fraction of sp³-hybridized carbons (Fsp3) is 0.538. The normalized spacial score (nSPS) is 21.5. The molecule has 0 aliphatic carbocycles. The molecule has 1 fully saturated rings. The molecule has 17 heavy (non-hydrogen) atoms. The van der Waals surface area contributed by atoms with E-state index in [-0.39, 0.29) is 0 Å². The van der Waals surface area contributed by atoms with E-state index in [2.05, 4.69) is 23.2 Å². The Bertz CT molecular complexity index is 384. The van der Waals surface area contributed by atoms with Gasteiger partial charge in [-0.15, -0.1) is 0 Å². The summed E-state index contributed by atoms with van der Waals surface area (Å²) in [4.78, 5) is 2.45. The second kappa shape index (κ2) is 5.71. The fourth-order valence-electron chi connectivity index (χ4n) is 2.24. The summed E-state index contributed by atoms with van der Waals surface area (Å²) in [5.74, 6) is 0.805. The van der Waals surface area contributed by atoms with E-state index in [4.69, 9.17) is 16.3 Å². The number of nitrogens with zero attached hydrogens (tertiary/aromatic N) is 1. The van der Waals surface area contributed by atoms with Gasteiger partial charge in [0.2, 0.25) is 0 Å². The molecule has 1 aromatic carbocycles. The van der Waals surface area contributed by atoms with Crippen molar-refractivity contribution >= 4 is 11.6 Å². The van der Waals surface area contributed by atoms with Gasteiger partial charge in [0, 0.05) is 37.8 Å². The Kier molecular flexibility index (Phi) is 4.26. The molecule has 2 rings (SSSR count). The number of hydrogen-bond donors (Lipinski definition) is 1. The van der Waals surface area contributed by atoms with Crippen LogP contribution in [0.25, 0.3) is 0 Å². The molecule has 1 atom stereocenters. The van der Waals surface area contributed by atoms with Crippen LogP contribution in [0.2, 0.25) is 5.02 Å². The molecule has 1 saturated heterocycles. The van der Waals surface area contributed by atoms with Gasteiger partial charge in [0.25, 0.3) is 0 Å². The number of ether oxygens (including phenoxy) is 1. The molecule has 4 heteroatoms. The van der Waals surface area contributed by atoms with E-state index < -0.39 is 0 Å². The minimum atomic E-state index is 0.549. The Morgan fingerprint density at radius 1 is 1.53 bits per heavy atom. The third-order valence-electron chi connectivity index (χ3n) is 3.26. The van der Waals surface area contributed by atoms with Gasteiger partial charge >= 0.3 is 0 Å². The first kappa shape index (κ1) is 12.7. The number of hydrogen-bond acceptors (Lipinski definition) is 3.